The van der Waals surface area contributed by atoms with Crippen LogP contribution in [0.25, 0.3) is 0 Å². The topological polar surface area (TPSA) is 69.6 Å². The van der Waals surface area contributed by atoms with Gasteiger partial charge in [0, 0.05) is 6.42 Å². The molecule has 0 radical (unpaired) electrons. The lowest BCUT2D eigenvalue weighted by molar-refractivity contribution is -0.123. The highest BCUT2D eigenvalue weighted by atomic mass is 16.3. The molecule has 4 heteroatoms. The van der Waals surface area contributed by atoms with Crippen LogP contribution < -0.4 is 5.32 Å². The Kier molecular flexibility index (Phi) is 50.2. The average Bonchev–Trinajstić information content (AvgIpc) is 3.24. The van der Waals surface area contributed by atoms with Crippen molar-refractivity contribution in [1.29, 1.82) is 0 Å². The summed E-state index contributed by atoms with van der Waals surface area (Å²) in [5.74, 6) is -0.0276. The van der Waals surface area contributed by atoms with Gasteiger partial charge in [-0.25, -0.2) is 0 Å². The van der Waals surface area contributed by atoms with Crippen LogP contribution in [0.3, 0.4) is 0 Å². The third-order valence-electron chi connectivity index (χ3n) is 12.7. The molecule has 0 bridgehead atoms. The molecule has 59 heavy (non-hydrogen) atoms. The second kappa shape index (κ2) is 51.2. The molecule has 4 nitrogen and oxygen atoms in total. The zero-order chi connectivity index (χ0) is 42.8. The standard InChI is InChI=1S/C55H107NO3/c1-3-5-7-9-11-13-15-17-19-21-23-25-27-28-29-31-33-35-37-39-41-43-45-47-49-51-55(59)56-53(52-57)54(58)50-48-46-44-42-40-38-36-34-32-30-26-24-22-20-18-16-14-12-10-8-6-4-2/h15,17,21,23,53-54,57-58H,3-14,16,18-20,22,24-52H2,1-2H3,(H,56,59)/b17-15-,23-21-. The number of carbonyl (C=O) groups is 1. The first-order chi connectivity index (χ1) is 29.2. The first kappa shape index (κ1) is 57.9. The fraction of sp³-hybridized carbons (Fsp3) is 0.909. The highest BCUT2D eigenvalue weighted by Gasteiger charge is 2.20. The summed E-state index contributed by atoms with van der Waals surface area (Å²) in [5, 5.41) is 23.3. The number of hydrogen-bond acceptors (Lipinski definition) is 3. The summed E-state index contributed by atoms with van der Waals surface area (Å²) in [6.45, 7) is 4.38. The van der Waals surface area contributed by atoms with E-state index in [0.717, 1.165) is 32.1 Å². The molecule has 350 valence electrons. The van der Waals surface area contributed by atoms with E-state index in [1.165, 1.54) is 244 Å². The van der Waals surface area contributed by atoms with E-state index in [-0.39, 0.29) is 12.5 Å². The summed E-state index contributed by atoms with van der Waals surface area (Å²) in [4.78, 5) is 12.5. The lowest BCUT2D eigenvalue weighted by Gasteiger charge is -2.22. The lowest BCUT2D eigenvalue weighted by atomic mass is 10.0. The van der Waals surface area contributed by atoms with E-state index in [1.54, 1.807) is 0 Å². The van der Waals surface area contributed by atoms with Crippen molar-refractivity contribution in [3.05, 3.63) is 24.3 Å². The molecule has 2 atom stereocenters. The van der Waals surface area contributed by atoms with Crippen LogP contribution in [-0.2, 0) is 4.79 Å². The van der Waals surface area contributed by atoms with Crippen molar-refractivity contribution in [3.8, 4) is 0 Å². The fourth-order valence-corrected chi connectivity index (χ4v) is 8.57. The normalized spacial score (nSPS) is 12.9. The van der Waals surface area contributed by atoms with Gasteiger partial charge in [0.1, 0.15) is 0 Å². The molecule has 0 aromatic rings. The van der Waals surface area contributed by atoms with Crippen molar-refractivity contribution in [2.45, 2.75) is 315 Å². The Morgan fingerprint density at radius 3 is 1.02 bits per heavy atom. The summed E-state index contributed by atoms with van der Waals surface area (Å²) in [5.41, 5.74) is 0. The third-order valence-corrected chi connectivity index (χ3v) is 12.7. The van der Waals surface area contributed by atoms with E-state index < -0.39 is 12.1 Å². The Morgan fingerprint density at radius 2 is 0.695 bits per heavy atom. The monoisotopic (exact) mass is 830 g/mol. The fourth-order valence-electron chi connectivity index (χ4n) is 8.57. The molecule has 0 spiro atoms. The quantitative estimate of drug-likeness (QED) is 0.0422. The van der Waals surface area contributed by atoms with Crippen molar-refractivity contribution in [1.82, 2.24) is 5.32 Å². The number of hydrogen-bond donors (Lipinski definition) is 3. The van der Waals surface area contributed by atoms with Crippen molar-refractivity contribution < 1.29 is 15.0 Å². The maximum Gasteiger partial charge on any atom is 0.220 e. The summed E-state index contributed by atoms with van der Waals surface area (Å²) in [6.07, 6.45) is 67.2. The molecule has 0 fully saturated rings. The second-order valence-corrected chi connectivity index (χ2v) is 18.7. The van der Waals surface area contributed by atoms with Gasteiger partial charge in [0.2, 0.25) is 5.91 Å². The molecule has 0 heterocycles. The predicted molar refractivity (Wildman–Crippen MR) is 262 cm³/mol. The maximum atomic E-state index is 12.5. The third kappa shape index (κ3) is 47.8. The minimum atomic E-state index is -0.659. The van der Waals surface area contributed by atoms with Gasteiger partial charge in [0.05, 0.1) is 18.8 Å². The van der Waals surface area contributed by atoms with E-state index in [4.69, 9.17) is 0 Å². The zero-order valence-electron chi connectivity index (χ0n) is 40.3. The summed E-state index contributed by atoms with van der Waals surface area (Å²) in [7, 11) is 0. The van der Waals surface area contributed by atoms with Crippen LogP contribution in [0, 0.1) is 0 Å². The van der Waals surface area contributed by atoms with Gasteiger partial charge in [-0.3, -0.25) is 4.79 Å². The summed E-state index contributed by atoms with van der Waals surface area (Å²) < 4.78 is 0. The minimum Gasteiger partial charge on any atom is -0.394 e. The lowest BCUT2D eigenvalue weighted by Crippen LogP contribution is -2.45. The Morgan fingerprint density at radius 1 is 0.407 bits per heavy atom. The molecule has 0 saturated heterocycles. The Balaban J connectivity index is 3.45. The van der Waals surface area contributed by atoms with Gasteiger partial charge in [-0.15, -0.1) is 0 Å². The van der Waals surface area contributed by atoms with Gasteiger partial charge < -0.3 is 15.5 Å². The van der Waals surface area contributed by atoms with Gasteiger partial charge >= 0.3 is 0 Å². The molecule has 2 unspecified atom stereocenters. The molecule has 3 N–H and O–H groups in total. The van der Waals surface area contributed by atoms with Crippen LogP contribution in [0.4, 0.5) is 0 Å². The zero-order valence-corrected chi connectivity index (χ0v) is 40.3. The summed E-state index contributed by atoms with van der Waals surface area (Å²) >= 11 is 0. The molecule has 0 aliphatic carbocycles. The minimum absolute atomic E-state index is 0.0276. The number of unbranched alkanes of at least 4 members (excludes halogenated alkanes) is 39. The highest BCUT2D eigenvalue weighted by Crippen LogP contribution is 2.17. The number of allylic oxidation sites excluding steroid dienone is 4. The second-order valence-electron chi connectivity index (χ2n) is 18.7. The maximum absolute atomic E-state index is 12.5. The SMILES string of the molecule is CCCCCCC/C=C\C/C=C\CCCCCCCCCCCCCCCC(=O)NC(CO)C(O)CCCCCCCCCCCCCCCCCCCCCCCC. The number of carbonyl (C=O) groups excluding carboxylic acids is 1. The molecule has 0 aliphatic heterocycles. The van der Waals surface area contributed by atoms with Crippen molar-refractivity contribution in [2.24, 2.45) is 0 Å². The smallest absolute Gasteiger partial charge is 0.220 e. The predicted octanol–water partition coefficient (Wildman–Crippen LogP) is 17.5. The van der Waals surface area contributed by atoms with E-state index in [0.29, 0.717) is 12.8 Å². The number of rotatable bonds is 50. The number of aliphatic hydroxyl groups is 2. The van der Waals surface area contributed by atoms with Crippen LogP contribution in [0.2, 0.25) is 0 Å². The Labute approximate surface area is 370 Å². The van der Waals surface area contributed by atoms with E-state index in [9.17, 15) is 15.0 Å². The number of aliphatic hydroxyl groups excluding tert-OH is 2. The van der Waals surface area contributed by atoms with Crippen LogP contribution in [-0.4, -0.2) is 34.9 Å². The Bertz CT molecular complexity index is 855. The van der Waals surface area contributed by atoms with Crippen LogP contribution in [0.5, 0.6) is 0 Å². The Hall–Kier alpha value is -1.13. The van der Waals surface area contributed by atoms with Gasteiger partial charge in [-0.2, -0.15) is 0 Å². The van der Waals surface area contributed by atoms with Crippen LogP contribution >= 0.6 is 0 Å². The van der Waals surface area contributed by atoms with Gasteiger partial charge in [0.25, 0.3) is 0 Å². The molecule has 0 aromatic carbocycles. The molecular formula is C55H107NO3. The first-order valence-corrected chi connectivity index (χ1v) is 27.0. The molecule has 0 saturated carbocycles. The van der Waals surface area contributed by atoms with Crippen LogP contribution in [0.1, 0.15) is 303 Å². The molecule has 0 aliphatic rings. The van der Waals surface area contributed by atoms with E-state index >= 15 is 0 Å². The largest absolute Gasteiger partial charge is 0.394 e. The molecule has 0 aromatic heterocycles. The molecule has 1 amide bonds. The van der Waals surface area contributed by atoms with E-state index in [1.807, 2.05) is 0 Å². The number of amides is 1. The molecule has 0 rings (SSSR count). The molecular weight excluding hydrogens is 723 g/mol. The average molecular weight is 830 g/mol. The summed E-state index contributed by atoms with van der Waals surface area (Å²) in [6, 6.07) is -0.536. The van der Waals surface area contributed by atoms with Gasteiger partial charge in [-0.1, -0.05) is 276 Å². The van der Waals surface area contributed by atoms with Crippen molar-refractivity contribution >= 4 is 5.91 Å². The van der Waals surface area contributed by atoms with Crippen molar-refractivity contribution in [2.75, 3.05) is 6.61 Å². The van der Waals surface area contributed by atoms with Crippen molar-refractivity contribution in [3.63, 3.8) is 0 Å². The van der Waals surface area contributed by atoms with Gasteiger partial charge in [0.15, 0.2) is 0 Å². The number of nitrogens with one attached hydrogen (secondary N) is 1. The van der Waals surface area contributed by atoms with Crippen LogP contribution in [0.15, 0.2) is 24.3 Å². The first-order valence-electron chi connectivity index (χ1n) is 27.0. The highest BCUT2D eigenvalue weighted by molar-refractivity contribution is 5.76. The van der Waals surface area contributed by atoms with Gasteiger partial charge in [-0.05, 0) is 44.9 Å². The van der Waals surface area contributed by atoms with E-state index in [2.05, 4.69) is 43.5 Å².